The van der Waals surface area contributed by atoms with Crippen LogP contribution in [0, 0.1) is 0 Å². The first-order valence-electron chi connectivity index (χ1n) is 9.98. The molecule has 0 bridgehead atoms. The molecule has 2 amide bonds. The highest BCUT2D eigenvalue weighted by atomic mass is 16.2. The minimum Gasteiger partial charge on any atom is -0.356 e. The Kier molecular flexibility index (Phi) is 3.25. The maximum Gasteiger partial charge on any atom is 0.246 e. The standard InChI is InChI=1S/C23H21N3O2/c27-20-13-25(15-10-11-15)23(28)19-12-17-16-8-4-5-9-18(16)24-21(17)22(26(19)20)14-6-2-1-3-7-14/h1-9,15,19,22,24H,10-13H2/t19-,22+/m0/s1. The molecule has 1 N–H and O–H groups in total. The lowest BCUT2D eigenvalue weighted by atomic mass is 9.86. The van der Waals surface area contributed by atoms with Crippen molar-refractivity contribution in [1.29, 1.82) is 0 Å². The van der Waals surface area contributed by atoms with Gasteiger partial charge in [-0.1, -0.05) is 48.5 Å². The van der Waals surface area contributed by atoms with Crippen molar-refractivity contribution in [1.82, 2.24) is 14.8 Å². The molecule has 1 aliphatic carbocycles. The summed E-state index contributed by atoms with van der Waals surface area (Å²) in [5, 5.41) is 1.15. The number of carbonyl (C=O) groups is 2. The summed E-state index contributed by atoms with van der Waals surface area (Å²) in [5.41, 5.74) is 4.32. The zero-order valence-electron chi connectivity index (χ0n) is 15.5. The number of amides is 2. The van der Waals surface area contributed by atoms with E-state index in [9.17, 15) is 9.59 Å². The topological polar surface area (TPSA) is 56.4 Å². The number of piperazine rings is 1. The molecule has 3 heterocycles. The summed E-state index contributed by atoms with van der Waals surface area (Å²) in [4.78, 5) is 33.8. The van der Waals surface area contributed by atoms with Crippen LogP contribution in [0.1, 0.15) is 35.7 Å². The zero-order chi connectivity index (χ0) is 18.8. The zero-order valence-corrected chi connectivity index (χ0v) is 15.5. The lowest BCUT2D eigenvalue weighted by Crippen LogP contribution is -2.63. The van der Waals surface area contributed by atoms with Crippen LogP contribution in [-0.4, -0.2) is 45.2 Å². The van der Waals surface area contributed by atoms with Gasteiger partial charge in [-0.3, -0.25) is 9.59 Å². The van der Waals surface area contributed by atoms with Crippen LogP contribution < -0.4 is 0 Å². The van der Waals surface area contributed by atoms with E-state index in [2.05, 4.69) is 17.1 Å². The van der Waals surface area contributed by atoms with Crippen molar-refractivity contribution in [2.24, 2.45) is 0 Å². The van der Waals surface area contributed by atoms with Crippen molar-refractivity contribution < 1.29 is 9.59 Å². The summed E-state index contributed by atoms with van der Waals surface area (Å²) in [6, 6.07) is 17.9. The molecule has 0 unspecified atom stereocenters. The highest BCUT2D eigenvalue weighted by molar-refractivity contribution is 5.98. The van der Waals surface area contributed by atoms with Gasteiger partial charge in [0.05, 0.1) is 6.04 Å². The van der Waals surface area contributed by atoms with Gasteiger partial charge in [0.25, 0.3) is 0 Å². The Morgan fingerprint density at radius 3 is 2.46 bits per heavy atom. The predicted octanol–water partition coefficient (Wildman–Crippen LogP) is 3.02. The molecular formula is C23H21N3O2. The monoisotopic (exact) mass is 371 g/mol. The number of nitrogens with one attached hydrogen (secondary N) is 1. The SMILES string of the molecule is O=C1[C@@H]2Cc3c([nH]c4ccccc34)[C@@H](c3ccccc3)N2C(=O)CN1C1CC1. The molecule has 2 aliphatic heterocycles. The van der Waals surface area contributed by atoms with Gasteiger partial charge in [0, 0.05) is 29.1 Å². The summed E-state index contributed by atoms with van der Waals surface area (Å²) in [6.45, 7) is 0.207. The molecule has 0 spiro atoms. The highest BCUT2D eigenvalue weighted by Crippen LogP contribution is 2.43. The smallest absolute Gasteiger partial charge is 0.246 e. The molecular weight excluding hydrogens is 350 g/mol. The number of rotatable bonds is 2. The molecule has 2 fully saturated rings. The Morgan fingerprint density at radius 2 is 1.68 bits per heavy atom. The number of fused-ring (bicyclic) bond motifs is 4. The number of H-pyrrole nitrogens is 1. The number of nitrogens with zero attached hydrogens (tertiary/aromatic N) is 2. The van der Waals surface area contributed by atoms with Gasteiger partial charge in [-0.15, -0.1) is 0 Å². The van der Waals surface area contributed by atoms with E-state index in [1.165, 1.54) is 5.56 Å². The summed E-state index contributed by atoms with van der Waals surface area (Å²) in [7, 11) is 0. The van der Waals surface area contributed by atoms with Crippen LogP contribution in [0.4, 0.5) is 0 Å². The van der Waals surface area contributed by atoms with Crippen LogP contribution in [-0.2, 0) is 16.0 Å². The fourth-order valence-electron chi connectivity index (χ4n) is 4.96. The van der Waals surface area contributed by atoms with Crippen molar-refractivity contribution in [3.05, 3.63) is 71.4 Å². The number of hydrogen-bond acceptors (Lipinski definition) is 2. The van der Waals surface area contributed by atoms with Gasteiger partial charge >= 0.3 is 0 Å². The maximum absolute atomic E-state index is 13.4. The van der Waals surface area contributed by atoms with Gasteiger partial charge in [0.15, 0.2) is 0 Å². The van der Waals surface area contributed by atoms with Gasteiger partial charge in [0.2, 0.25) is 11.8 Å². The van der Waals surface area contributed by atoms with Crippen molar-refractivity contribution in [3.8, 4) is 0 Å². The number of para-hydroxylation sites is 1. The average Bonchev–Trinajstić information content (AvgIpc) is 3.50. The van der Waals surface area contributed by atoms with Crippen LogP contribution in [0.25, 0.3) is 10.9 Å². The molecule has 0 radical (unpaired) electrons. The van der Waals surface area contributed by atoms with E-state index in [1.54, 1.807) is 0 Å². The summed E-state index contributed by atoms with van der Waals surface area (Å²) in [5.74, 6) is 0.161. The first kappa shape index (κ1) is 15.9. The van der Waals surface area contributed by atoms with Crippen molar-refractivity contribution in [2.45, 2.75) is 37.4 Å². The molecule has 1 saturated heterocycles. The summed E-state index contributed by atoms with van der Waals surface area (Å²) >= 11 is 0. The number of benzene rings is 2. The number of hydrogen-bond donors (Lipinski definition) is 1. The number of carbonyl (C=O) groups excluding carboxylic acids is 2. The molecule has 3 aromatic rings. The first-order chi connectivity index (χ1) is 13.7. The first-order valence-corrected chi connectivity index (χ1v) is 9.98. The third-order valence-corrected chi connectivity index (χ3v) is 6.40. The summed E-state index contributed by atoms with van der Waals surface area (Å²) < 4.78 is 0. The normalized spacial score (nSPS) is 24.4. The minimum atomic E-state index is -0.418. The van der Waals surface area contributed by atoms with Gasteiger partial charge in [-0.25, -0.2) is 0 Å². The molecule has 2 aromatic carbocycles. The van der Waals surface area contributed by atoms with Crippen LogP contribution in [0.15, 0.2) is 54.6 Å². The lowest BCUT2D eigenvalue weighted by molar-refractivity contribution is -0.159. The van der Waals surface area contributed by atoms with Gasteiger partial charge in [-0.05, 0) is 30.0 Å². The summed E-state index contributed by atoms with van der Waals surface area (Å²) in [6.07, 6.45) is 2.62. The molecule has 5 nitrogen and oxygen atoms in total. The molecule has 6 rings (SSSR count). The van der Waals surface area contributed by atoms with Crippen molar-refractivity contribution in [2.75, 3.05) is 6.54 Å². The second-order valence-electron chi connectivity index (χ2n) is 8.09. The van der Waals surface area contributed by atoms with Gasteiger partial charge < -0.3 is 14.8 Å². The minimum absolute atomic E-state index is 0.0506. The van der Waals surface area contributed by atoms with E-state index in [4.69, 9.17) is 0 Å². The fourth-order valence-corrected chi connectivity index (χ4v) is 4.96. The number of aromatic amines is 1. The molecule has 140 valence electrons. The Morgan fingerprint density at radius 1 is 0.929 bits per heavy atom. The van der Waals surface area contributed by atoms with E-state index < -0.39 is 6.04 Å². The highest BCUT2D eigenvalue weighted by Gasteiger charge is 2.50. The molecule has 1 saturated carbocycles. The van der Waals surface area contributed by atoms with E-state index in [1.807, 2.05) is 52.3 Å². The lowest BCUT2D eigenvalue weighted by Gasteiger charge is -2.47. The van der Waals surface area contributed by atoms with Gasteiger partial charge in [0.1, 0.15) is 12.6 Å². The van der Waals surface area contributed by atoms with Crippen molar-refractivity contribution in [3.63, 3.8) is 0 Å². The van der Waals surface area contributed by atoms with Crippen LogP contribution in [0.3, 0.4) is 0 Å². The third-order valence-electron chi connectivity index (χ3n) is 6.40. The maximum atomic E-state index is 13.4. The second-order valence-corrected chi connectivity index (χ2v) is 8.09. The number of aromatic nitrogens is 1. The Hall–Kier alpha value is -3.08. The van der Waals surface area contributed by atoms with Crippen molar-refractivity contribution >= 4 is 22.7 Å². The van der Waals surface area contributed by atoms with Crippen LogP contribution in [0.2, 0.25) is 0 Å². The van der Waals surface area contributed by atoms with E-state index in [-0.39, 0.29) is 30.4 Å². The largest absolute Gasteiger partial charge is 0.356 e. The third kappa shape index (κ3) is 2.19. The molecule has 5 heteroatoms. The Labute approximate surface area is 162 Å². The average molecular weight is 371 g/mol. The van der Waals surface area contributed by atoms with Crippen LogP contribution >= 0.6 is 0 Å². The quantitative estimate of drug-likeness (QED) is 0.753. The molecule has 2 atom stereocenters. The van der Waals surface area contributed by atoms with Gasteiger partial charge in [-0.2, -0.15) is 0 Å². The predicted molar refractivity (Wildman–Crippen MR) is 106 cm³/mol. The fraction of sp³-hybridized carbons (Fsp3) is 0.304. The molecule has 3 aliphatic rings. The Balaban J connectivity index is 1.56. The van der Waals surface area contributed by atoms with E-state index in [0.29, 0.717) is 6.42 Å². The Bertz CT molecular complexity index is 1100. The molecule has 1 aromatic heterocycles. The van der Waals surface area contributed by atoms with E-state index in [0.717, 1.165) is 35.0 Å². The molecule has 28 heavy (non-hydrogen) atoms. The second kappa shape index (κ2) is 5.71. The van der Waals surface area contributed by atoms with Crippen LogP contribution in [0.5, 0.6) is 0 Å². The van der Waals surface area contributed by atoms with E-state index >= 15 is 0 Å².